The third-order valence-corrected chi connectivity index (χ3v) is 6.07. The van der Waals surface area contributed by atoms with E-state index in [0.717, 1.165) is 11.1 Å². The van der Waals surface area contributed by atoms with E-state index in [4.69, 9.17) is 18.9 Å². The molecule has 9 nitrogen and oxygen atoms in total. The molecule has 0 unspecified atom stereocenters. The maximum absolute atomic E-state index is 13.4. The molecule has 0 aliphatic carbocycles. The van der Waals surface area contributed by atoms with Gasteiger partial charge in [0.2, 0.25) is 5.75 Å². The number of halogens is 1. The van der Waals surface area contributed by atoms with Crippen molar-refractivity contribution in [3.8, 4) is 11.5 Å². The minimum Gasteiger partial charge on any atom is -0.493 e. The Labute approximate surface area is 232 Å². The lowest BCUT2D eigenvalue weighted by Crippen LogP contribution is -2.42. The Bertz CT molecular complexity index is 1280. The number of nitrogens with zero attached hydrogens (tertiary/aromatic N) is 1. The molecule has 0 spiro atoms. The third-order valence-electron chi connectivity index (χ3n) is 6.07. The van der Waals surface area contributed by atoms with Crippen molar-refractivity contribution in [3.63, 3.8) is 0 Å². The maximum Gasteiger partial charge on any atom is 0.328 e. The molecule has 0 fully saturated rings. The fourth-order valence-electron chi connectivity index (χ4n) is 3.89. The summed E-state index contributed by atoms with van der Waals surface area (Å²) in [5.74, 6) is -2.70. The predicted molar refractivity (Wildman–Crippen MR) is 144 cm³/mol. The van der Waals surface area contributed by atoms with Crippen LogP contribution in [0.5, 0.6) is 11.5 Å². The van der Waals surface area contributed by atoms with E-state index in [-0.39, 0.29) is 35.5 Å². The molecule has 40 heavy (non-hydrogen) atoms. The van der Waals surface area contributed by atoms with Gasteiger partial charge < -0.3 is 24.3 Å². The zero-order valence-electron chi connectivity index (χ0n) is 22.9. The first-order valence-electron chi connectivity index (χ1n) is 12.8. The van der Waals surface area contributed by atoms with Gasteiger partial charge in [-0.2, -0.15) is 0 Å². The van der Waals surface area contributed by atoms with Crippen LogP contribution in [0.15, 0.2) is 66.9 Å². The molecule has 212 valence electrons. The Balaban J connectivity index is 1.66. The molecule has 2 aromatic carbocycles. The second-order valence-electron chi connectivity index (χ2n) is 9.21. The van der Waals surface area contributed by atoms with E-state index in [1.807, 2.05) is 30.3 Å². The summed E-state index contributed by atoms with van der Waals surface area (Å²) in [5, 5.41) is 2.53. The first kappa shape index (κ1) is 30.2. The van der Waals surface area contributed by atoms with E-state index in [1.54, 1.807) is 19.1 Å². The first-order chi connectivity index (χ1) is 19.2. The largest absolute Gasteiger partial charge is 0.493 e. The number of hydrogen-bond donors (Lipinski definition) is 1. The summed E-state index contributed by atoms with van der Waals surface area (Å²) in [6.07, 6.45) is 1.20. The van der Waals surface area contributed by atoms with Crippen LogP contribution >= 0.6 is 0 Å². The molecule has 3 aromatic rings. The van der Waals surface area contributed by atoms with Crippen molar-refractivity contribution >= 4 is 17.8 Å². The standard InChI is InChI=1S/C30H33FN2O7/c1-19(33-29(35)27-28(40-21(3)34)26(37-4)14-15-32-27)30(36)39-20(2)24(16-22-10-12-25(31)13-11-22)18-38-17-23-8-6-5-7-9-23/h5-15,19-20,24H,16-18H2,1-4H3,(H,33,35)/t19-,20-,24+/m0/s1. The van der Waals surface area contributed by atoms with Crippen LogP contribution in [0.1, 0.15) is 42.4 Å². The van der Waals surface area contributed by atoms with E-state index < -0.39 is 30.0 Å². The number of esters is 2. The number of benzene rings is 2. The van der Waals surface area contributed by atoms with Gasteiger partial charge in [-0.3, -0.25) is 9.59 Å². The number of methoxy groups -OCH3 is 1. The number of hydrogen-bond acceptors (Lipinski definition) is 8. The molecule has 3 atom stereocenters. The minimum absolute atomic E-state index is 0.137. The number of ether oxygens (including phenoxy) is 4. The Morgan fingerprint density at radius 1 is 0.975 bits per heavy atom. The van der Waals surface area contributed by atoms with Crippen molar-refractivity contribution in [2.24, 2.45) is 5.92 Å². The van der Waals surface area contributed by atoms with Gasteiger partial charge >= 0.3 is 11.9 Å². The summed E-state index contributed by atoms with van der Waals surface area (Å²) in [6, 6.07) is 16.2. The van der Waals surface area contributed by atoms with Gasteiger partial charge in [0, 0.05) is 25.1 Å². The second kappa shape index (κ2) is 14.7. The molecule has 3 rings (SSSR count). The van der Waals surface area contributed by atoms with Crippen LogP contribution in [-0.4, -0.2) is 48.7 Å². The molecule has 1 N–H and O–H groups in total. The van der Waals surface area contributed by atoms with Crippen LogP contribution < -0.4 is 14.8 Å². The molecule has 0 bridgehead atoms. The SMILES string of the molecule is COc1ccnc(C(=O)N[C@@H](C)C(=O)O[C@@H](C)[C@@H](COCc2ccccc2)Cc2ccc(F)cc2)c1OC(C)=O. The van der Waals surface area contributed by atoms with Crippen molar-refractivity contribution in [2.75, 3.05) is 13.7 Å². The molecule has 10 heteroatoms. The van der Waals surface area contributed by atoms with Gasteiger partial charge in [0.15, 0.2) is 11.4 Å². The van der Waals surface area contributed by atoms with Gasteiger partial charge in [-0.1, -0.05) is 42.5 Å². The number of amides is 1. The van der Waals surface area contributed by atoms with Crippen LogP contribution in [0.4, 0.5) is 4.39 Å². The van der Waals surface area contributed by atoms with Crippen LogP contribution in [0.2, 0.25) is 0 Å². The highest BCUT2D eigenvalue weighted by atomic mass is 19.1. The summed E-state index contributed by atoms with van der Waals surface area (Å²) in [7, 11) is 1.36. The van der Waals surface area contributed by atoms with Crippen LogP contribution in [0.3, 0.4) is 0 Å². The van der Waals surface area contributed by atoms with Crippen molar-refractivity contribution in [1.29, 1.82) is 0 Å². The Kier molecular flexibility index (Phi) is 11.1. The van der Waals surface area contributed by atoms with E-state index >= 15 is 0 Å². The highest BCUT2D eigenvalue weighted by Crippen LogP contribution is 2.29. The van der Waals surface area contributed by atoms with Crippen molar-refractivity contribution < 1.29 is 37.7 Å². The van der Waals surface area contributed by atoms with Crippen molar-refractivity contribution in [2.45, 2.75) is 45.9 Å². The van der Waals surface area contributed by atoms with Crippen LogP contribution in [-0.2, 0) is 32.1 Å². The zero-order valence-corrected chi connectivity index (χ0v) is 22.9. The van der Waals surface area contributed by atoms with E-state index in [9.17, 15) is 18.8 Å². The summed E-state index contributed by atoms with van der Waals surface area (Å²) in [6.45, 7) is 5.06. The molecule has 1 aromatic heterocycles. The van der Waals surface area contributed by atoms with Gasteiger partial charge in [-0.15, -0.1) is 0 Å². The fourth-order valence-corrected chi connectivity index (χ4v) is 3.89. The minimum atomic E-state index is -1.05. The van der Waals surface area contributed by atoms with Gasteiger partial charge in [0.25, 0.3) is 5.91 Å². The van der Waals surface area contributed by atoms with Gasteiger partial charge in [-0.25, -0.2) is 14.2 Å². The third kappa shape index (κ3) is 8.88. The lowest BCUT2D eigenvalue weighted by molar-refractivity contribution is -0.154. The smallest absolute Gasteiger partial charge is 0.328 e. The molecular weight excluding hydrogens is 519 g/mol. The summed E-state index contributed by atoms with van der Waals surface area (Å²) in [4.78, 5) is 41.4. The molecule has 0 aliphatic heterocycles. The lowest BCUT2D eigenvalue weighted by Gasteiger charge is -2.26. The molecule has 0 aliphatic rings. The predicted octanol–water partition coefficient (Wildman–Crippen LogP) is 4.28. The number of rotatable bonds is 13. The average molecular weight is 553 g/mol. The Morgan fingerprint density at radius 3 is 2.33 bits per heavy atom. The summed E-state index contributed by atoms with van der Waals surface area (Å²) >= 11 is 0. The molecule has 1 amide bonds. The zero-order chi connectivity index (χ0) is 29.1. The van der Waals surface area contributed by atoms with Crippen molar-refractivity contribution in [3.05, 3.63) is 89.5 Å². The van der Waals surface area contributed by atoms with Gasteiger partial charge in [0.1, 0.15) is 18.0 Å². The lowest BCUT2D eigenvalue weighted by atomic mass is 9.95. The molecule has 0 saturated carbocycles. The number of carbonyl (C=O) groups excluding carboxylic acids is 3. The van der Waals surface area contributed by atoms with Crippen molar-refractivity contribution in [1.82, 2.24) is 10.3 Å². The summed E-state index contributed by atoms with van der Waals surface area (Å²) < 4.78 is 35.4. The van der Waals surface area contributed by atoms with E-state index in [1.165, 1.54) is 45.4 Å². The number of pyridine rings is 1. The highest BCUT2D eigenvalue weighted by molar-refractivity contribution is 5.98. The van der Waals surface area contributed by atoms with E-state index in [2.05, 4.69) is 10.3 Å². The molecule has 0 radical (unpaired) electrons. The molecular formula is C30H33FN2O7. The Hall–Kier alpha value is -4.31. The molecule has 1 heterocycles. The normalized spacial score (nSPS) is 13.0. The average Bonchev–Trinajstić information content (AvgIpc) is 2.93. The number of aromatic nitrogens is 1. The molecule has 0 saturated heterocycles. The topological polar surface area (TPSA) is 113 Å². The second-order valence-corrected chi connectivity index (χ2v) is 9.21. The highest BCUT2D eigenvalue weighted by Gasteiger charge is 2.28. The van der Waals surface area contributed by atoms with Crippen LogP contribution in [0.25, 0.3) is 0 Å². The number of nitrogens with one attached hydrogen (secondary N) is 1. The monoisotopic (exact) mass is 552 g/mol. The maximum atomic E-state index is 13.4. The summed E-state index contributed by atoms with van der Waals surface area (Å²) in [5.41, 5.74) is 1.65. The van der Waals surface area contributed by atoms with E-state index in [0.29, 0.717) is 13.0 Å². The van der Waals surface area contributed by atoms with Gasteiger partial charge in [0.05, 0.1) is 20.3 Å². The quantitative estimate of drug-likeness (QED) is 0.313. The van der Waals surface area contributed by atoms with Crippen LogP contribution in [0, 0.1) is 11.7 Å². The first-order valence-corrected chi connectivity index (χ1v) is 12.8. The Morgan fingerprint density at radius 2 is 1.68 bits per heavy atom. The number of carbonyl (C=O) groups is 3. The fraction of sp³-hybridized carbons (Fsp3) is 0.333. The van der Waals surface area contributed by atoms with Gasteiger partial charge in [-0.05, 0) is 43.5 Å².